The van der Waals surface area contributed by atoms with Crippen molar-refractivity contribution in [2.75, 3.05) is 91.6 Å². The maximum atomic E-state index is 5.46. The molecule has 1 aliphatic rings. The van der Waals surface area contributed by atoms with Crippen molar-refractivity contribution in [2.24, 2.45) is 5.73 Å². The minimum atomic E-state index is 0. The van der Waals surface area contributed by atoms with E-state index in [1.165, 1.54) is 24.0 Å². The average molecular weight is 1100 g/mol. The fourth-order valence-corrected chi connectivity index (χ4v) is 3.78. The van der Waals surface area contributed by atoms with Crippen LogP contribution >= 0.6 is 136 Å². The van der Waals surface area contributed by atoms with Crippen LogP contribution in [0.3, 0.4) is 0 Å². The summed E-state index contributed by atoms with van der Waals surface area (Å²) < 4.78 is 0. The first-order valence-electron chi connectivity index (χ1n) is 12.6. The first-order valence-corrected chi connectivity index (χ1v) is 12.6. The minimum Gasteiger partial charge on any atom is -0.329 e. The molecule has 0 amide bonds. The summed E-state index contributed by atoms with van der Waals surface area (Å²) in [7, 11) is 0. The van der Waals surface area contributed by atoms with Crippen LogP contribution in [0.4, 0.5) is 0 Å². The predicted molar refractivity (Wildman–Crippen MR) is 219 cm³/mol. The number of nitrogens with zero attached hydrogens (tertiary/aromatic N) is 1. The van der Waals surface area contributed by atoms with Gasteiger partial charge in [0.1, 0.15) is 0 Å². The molecule has 0 aromatic heterocycles. The molecule has 248 valence electrons. The van der Waals surface area contributed by atoms with Gasteiger partial charge >= 0.3 is 0 Å². The van der Waals surface area contributed by atoms with Gasteiger partial charge in [-0.15, -0.1) is 136 Å². The van der Waals surface area contributed by atoms with Gasteiger partial charge in [0.25, 0.3) is 0 Å². The van der Waals surface area contributed by atoms with Crippen molar-refractivity contribution >= 4 is 136 Å². The minimum absolute atomic E-state index is 0. The molecule has 0 aliphatic carbocycles. The van der Waals surface area contributed by atoms with E-state index < -0.39 is 0 Å². The average Bonchev–Trinajstić information content (AvgIpc) is 2.81. The number of nitrogens with two attached hydrogens (primary N) is 1. The first-order chi connectivity index (χ1) is 15.9. The Labute approximate surface area is 327 Å². The molecule has 0 bridgehead atoms. The van der Waals surface area contributed by atoms with Gasteiger partial charge in [0.15, 0.2) is 0 Å². The first kappa shape index (κ1) is 58.3. The summed E-state index contributed by atoms with van der Waals surface area (Å²) >= 11 is 0. The molecular formula is C24H56Br8N8. The van der Waals surface area contributed by atoms with Gasteiger partial charge in [-0.05, 0) is 50.1 Å². The Hall–Kier alpha value is 2.74. The van der Waals surface area contributed by atoms with Crippen LogP contribution in [0, 0.1) is 0 Å². The molecule has 1 aromatic carbocycles. The Bertz CT molecular complexity index is 554. The Morgan fingerprint density at radius 3 is 1.60 bits per heavy atom. The van der Waals surface area contributed by atoms with Gasteiger partial charge in [-0.2, -0.15) is 0 Å². The summed E-state index contributed by atoms with van der Waals surface area (Å²) in [6, 6.07) is 9.12. The van der Waals surface area contributed by atoms with Crippen molar-refractivity contribution < 1.29 is 0 Å². The predicted octanol–water partition coefficient (Wildman–Crippen LogP) is 3.90. The van der Waals surface area contributed by atoms with Crippen molar-refractivity contribution in [3.63, 3.8) is 0 Å². The molecule has 0 saturated carbocycles. The molecule has 1 saturated heterocycles. The molecule has 1 fully saturated rings. The van der Waals surface area contributed by atoms with Crippen LogP contribution in [0.25, 0.3) is 0 Å². The number of nitrogens with one attached hydrogen (secondary N) is 6. The van der Waals surface area contributed by atoms with E-state index in [9.17, 15) is 0 Å². The number of hydrogen-bond donors (Lipinski definition) is 7. The highest BCUT2D eigenvalue weighted by Gasteiger charge is 2.07. The van der Waals surface area contributed by atoms with Crippen LogP contribution in [-0.2, 0) is 13.1 Å². The quantitative estimate of drug-likeness (QED) is 0.159. The van der Waals surface area contributed by atoms with E-state index in [0.717, 1.165) is 98.2 Å². The maximum Gasteiger partial charge on any atom is 0.0234 e. The zero-order valence-corrected chi connectivity index (χ0v) is 37.0. The zero-order valence-electron chi connectivity index (χ0n) is 23.3. The van der Waals surface area contributed by atoms with Gasteiger partial charge in [-0.25, -0.2) is 0 Å². The van der Waals surface area contributed by atoms with Crippen molar-refractivity contribution in [3.8, 4) is 0 Å². The summed E-state index contributed by atoms with van der Waals surface area (Å²) in [6.07, 6.45) is 2.39. The van der Waals surface area contributed by atoms with Crippen LogP contribution in [0.1, 0.15) is 24.0 Å². The fourth-order valence-electron chi connectivity index (χ4n) is 3.78. The number of hydrogen-bond acceptors (Lipinski definition) is 8. The Morgan fingerprint density at radius 2 is 1.02 bits per heavy atom. The smallest absolute Gasteiger partial charge is 0.0234 e. The van der Waals surface area contributed by atoms with Gasteiger partial charge < -0.3 is 37.6 Å². The standard InChI is InChI=1S/C24H48N8.8BrH/c25-7-11-29-14-15-30-16-17-31-21-23-3-5-24(6-4-23)22-32-19-2-10-27-13-12-26-8-1-9-28-18-20-32;;;;;;;;/h3-6,26-31H,1-2,7-22,25H2;8*1H. The number of rotatable bonds is 12. The molecule has 40 heavy (non-hydrogen) atoms. The monoisotopic (exact) mass is 1090 g/mol. The highest BCUT2D eigenvalue weighted by molar-refractivity contribution is 8.93. The molecule has 0 radical (unpaired) electrons. The van der Waals surface area contributed by atoms with E-state index in [1.54, 1.807) is 0 Å². The molecule has 0 atom stereocenters. The normalized spacial score (nSPS) is 14.2. The SMILES string of the molecule is Br.Br.Br.Br.Br.Br.Br.Br.NCCNCCNCCNCc1ccc(CN2CCCNCCNCCCNCC2)cc1. The van der Waals surface area contributed by atoms with E-state index in [-0.39, 0.29) is 136 Å². The molecule has 2 rings (SSSR count). The Balaban J connectivity index is -0.000000272. The van der Waals surface area contributed by atoms with Gasteiger partial charge in [0.2, 0.25) is 0 Å². The van der Waals surface area contributed by atoms with E-state index in [0.29, 0.717) is 6.54 Å². The van der Waals surface area contributed by atoms with Crippen molar-refractivity contribution in [3.05, 3.63) is 35.4 Å². The lowest BCUT2D eigenvalue weighted by Gasteiger charge is -2.23. The van der Waals surface area contributed by atoms with Crippen molar-refractivity contribution in [1.29, 1.82) is 0 Å². The second kappa shape index (κ2) is 43.9. The molecule has 8 N–H and O–H groups in total. The van der Waals surface area contributed by atoms with Gasteiger partial charge in [-0.1, -0.05) is 24.3 Å². The fraction of sp³-hybridized carbons (Fsp3) is 0.750. The second-order valence-electron chi connectivity index (χ2n) is 8.52. The van der Waals surface area contributed by atoms with Crippen LogP contribution in [0.2, 0.25) is 0 Å². The lowest BCUT2D eigenvalue weighted by molar-refractivity contribution is 0.260. The van der Waals surface area contributed by atoms with Gasteiger partial charge in [-0.3, -0.25) is 4.90 Å². The molecular weight excluding hydrogens is 1040 g/mol. The van der Waals surface area contributed by atoms with Gasteiger partial charge in [0.05, 0.1) is 0 Å². The van der Waals surface area contributed by atoms with Crippen LogP contribution in [0.5, 0.6) is 0 Å². The largest absolute Gasteiger partial charge is 0.329 e. The molecule has 1 aliphatic heterocycles. The van der Waals surface area contributed by atoms with Crippen molar-refractivity contribution in [1.82, 2.24) is 36.8 Å². The number of halogens is 8. The Kier molecular flexibility index (Phi) is 63.9. The molecule has 1 aromatic rings. The Morgan fingerprint density at radius 1 is 0.550 bits per heavy atom. The van der Waals surface area contributed by atoms with Crippen LogP contribution < -0.4 is 37.6 Å². The summed E-state index contributed by atoms with van der Waals surface area (Å²) in [6.45, 7) is 16.2. The topological polar surface area (TPSA) is 101 Å². The van der Waals surface area contributed by atoms with Gasteiger partial charge in [0, 0.05) is 78.5 Å². The molecule has 16 heteroatoms. The summed E-state index contributed by atoms with van der Waals surface area (Å²) in [5, 5.41) is 20.9. The van der Waals surface area contributed by atoms with E-state index >= 15 is 0 Å². The van der Waals surface area contributed by atoms with Crippen LogP contribution in [-0.4, -0.2) is 96.5 Å². The highest BCUT2D eigenvalue weighted by atomic mass is 79.9. The van der Waals surface area contributed by atoms with Crippen molar-refractivity contribution in [2.45, 2.75) is 25.9 Å². The molecule has 0 unspecified atom stereocenters. The lowest BCUT2D eigenvalue weighted by atomic mass is 10.1. The molecule has 8 nitrogen and oxygen atoms in total. The van der Waals surface area contributed by atoms with Crippen LogP contribution in [0.15, 0.2) is 24.3 Å². The molecule has 1 heterocycles. The molecule has 0 spiro atoms. The summed E-state index contributed by atoms with van der Waals surface area (Å²) in [5.74, 6) is 0. The third kappa shape index (κ3) is 33.6. The summed E-state index contributed by atoms with van der Waals surface area (Å²) in [4.78, 5) is 2.58. The highest BCUT2D eigenvalue weighted by Crippen LogP contribution is 2.08. The maximum absolute atomic E-state index is 5.46. The third-order valence-electron chi connectivity index (χ3n) is 5.65. The van der Waals surface area contributed by atoms with E-state index in [1.807, 2.05) is 0 Å². The summed E-state index contributed by atoms with van der Waals surface area (Å²) in [5.41, 5.74) is 8.21. The van der Waals surface area contributed by atoms with E-state index in [4.69, 9.17) is 5.73 Å². The second-order valence-corrected chi connectivity index (χ2v) is 8.52. The third-order valence-corrected chi connectivity index (χ3v) is 5.65. The number of benzene rings is 1. The lowest BCUT2D eigenvalue weighted by Crippen LogP contribution is -2.36. The zero-order chi connectivity index (χ0) is 22.5. The van der Waals surface area contributed by atoms with E-state index in [2.05, 4.69) is 61.1 Å².